The van der Waals surface area contributed by atoms with Crippen LogP contribution in [0.25, 0.3) is 11.1 Å². The summed E-state index contributed by atoms with van der Waals surface area (Å²) in [6.45, 7) is 31.9. The molecule has 0 aliphatic heterocycles. The zero-order valence-corrected chi connectivity index (χ0v) is 42.9. The SMILES string of the molecule is C=CC=C.C=CCCCCCCOc1ccc(-c2ccc(OC)c(/C=N/NCCC)c2)cc1.C=NC(=C)/C=C\C=N.C=O.CC.CCCCCCCOC.CO.Cc1ccc(C=O)cc1.O=CO. The number of aliphatic hydroxyl groups is 1. The summed E-state index contributed by atoms with van der Waals surface area (Å²) in [7, 11) is 4.44. The monoisotopic (exact) mass is 945 g/mol. The lowest BCUT2D eigenvalue weighted by Crippen LogP contribution is -2.06. The molecule has 3 aromatic carbocycles. The fourth-order valence-corrected chi connectivity index (χ4v) is 4.69. The summed E-state index contributed by atoms with van der Waals surface area (Å²) in [5.41, 5.74) is 8.74. The van der Waals surface area contributed by atoms with Crippen molar-refractivity contribution in [1.82, 2.24) is 5.43 Å². The van der Waals surface area contributed by atoms with Gasteiger partial charge in [-0.15, -0.1) is 6.58 Å². The Labute approximate surface area is 411 Å². The fourth-order valence-electron chi connectivity index (χ4n) is 4.69. The van der Waals surface area contributed by atoms with Crippen molar-refractivity contribution in [2.24, 2.45) is 10.1 Å². The molecular weight excluding hydrogens is 857 g/mol. The Kier molecular flexibility index (Phi) is 69.6. The van der Waals surface area contributed by atoms with E-state index in [0.29, 0.717) is 5.70 Å². The van der Waals surface area contributed by atoms with E-state index in [-0.39, 0.29) is 6.47 Å². The van der Waals surface area contributed by atoms with E-state index in [1.807, 2.05) is 82.3 Å². The summed E-state index contributed by atoms with van der Waals surface area (Å²) in [6, 6.07) is 21.9. The Hall–Kier alpha value is -6.50. The molecular formula is C56H88N4O8. The molecule has 12 heteroatoms. The number of hydrogen-bond acceptors (Lipinski definition) is 11. The third kappa shape index (κ3) is 52.1. The highest BCUT2D eigenvalue weighted by Crippen LogP contribution is 2.27. The van der Waals surface area contributed by atoms with Gasteiger partial charge >= 0.3 is 0 Å². The molecule has 68 heavy (non-hydrogen) atoms. The number of nitrogens with zero attached hydrogens (tertiary/aromatic N) is 2. The van der Waals surface area contributed by atoms with Gasteiger partial charge < -0.3 is 40.1 Å². The molecule has 0 atom stereocenters. The summed E-state index contributed by atoms with van der Waals surface area (Å²) in [5.74, 6) is 1.72. The number of aldehydes is 1. The van der Waals surface area contributed by atoms with Crippen LogP contribution in [0, 0.1) is 12.3 Å². The highest BCUT2D eigenvalue weighted by Gasteiger charge is 2.05. The van der Waals surface area contributed by atoms with Crippen molar-refractivity contribution in [1.29, 1.82) is 5.41 Å². The first-order valence-corrected chi connectivity index (χ1v) is 22.8. The van der Waals surface area contributed by atoms with Crippen molar-refractivity contribution in [2.75, 3.05) is 41.1 Å². The zero-order valence-electron chi connectivity index (χ0n) is 42.9. The predicted molar refractivity (Wildman–Crippen MR) is 293 cm³/mol. The van der Waals surface area contributed by atoms with E-state index in [9.17, 15) is 4.79 Å². The predicted octanol–water partition coefficient (Wildman–Crippen LogP) is 13.5. The van der Waals surface area contributed by atoms with E-state index in [1.54, 1.807) is 32.4 Å². The van der Waals surface area contributed by atoms with Gasteiger partial charge in [-0.25, -0.2) is 0 Å². The van der Waals surface area contributed by atoms with Gasteiger partial charge in [0, 0.05) is 44.7 Å². The second-order valence-corrected chi connectivity index (χ2v) is 13.2. The van der Waals surface area contributed by atoms with Gasteiger partial charge in [0.25, 0.3) is 6.47 Å². The first-order chi connectivity index (χ1) is 33.2. The number of unbranched alkanes of at least 4 members (excludes halogenated alkanes) is 8. The molecule has 0 aliphatic rings. The van der Waals surface area contributed by atoms with Crippen LogP contribution < -0.4 is 14.9 Å². The number of hydrogen-bond donors (Lipinski definition) is 4. The number of aliphatic imine (C=N–C) groups is 1. The minimum absolute atomic E-state index is 0.250. The number of methoxy groups -OCH3 is 2. The largest absolute Gasteiger partial charge is 0.496 e. The van der Waals surface area contributed by atoms with E-state index in [4.69, 9.17) is 39.4 Å². The normalized spacial score (nSPS) is 8.90. The van der Waals surface area contributed by atoms with Gasteiger partial charge in [0.2, 0.25) is 0 Å². The van der Waals surface area contributed by atoms with Crippen molar-refractivity contribution in [3.8, 4) is 22.6 Å². The van der Waals surface area contributed by atoms with Gasteiger partial charge in [-0.3, -0.25) is 14.6 Å². The molecule has 0 bridgehead atoms. The van der Waals surface area contributed by atoms with Crippen LogP contribution in [0.4, 0.5) is 0 Å². The van der Waals surface area contributed by atoms with Gasteiger partial charge in [-0.1, -0.05) is 152 Å². The fraction of sp³-hybridized carbons (Fsp3) is 0.393. The Bertz CT molecular complexity index is 1660. The van der Waals surface area contributed by atoms with Crippen molar-refractivity contribution in [3.63, 3.8) is 0 Å². The van der Waals surface area contributed by atoms with E-state index in [2.05, 4.69) is 86.7 Å². The van der Waals surface area contributed by atoms with E-state index in [1.165, 1.54) is 63.0 Å². The van der Waals surface area contributed by atoms with Crippen molar-refractivity contribution < 1.29 is 38.8 Å². The molecule has 0 saturated carbocycles. The molecule has 12 nitrogen and oxygen atoms in total. The number of carboxylic acid groups (broad SMARTS) is 1. The number of nitrogens with one attached hydrogen (secondary N) is 2. The molecule has 0 saturated heterocycles. The molecule has 0 aliphatic carbocycles. The van der Waals surface area contributed by atoms with E-state index < -0.39 is 0 Å². The van der Waals surface area contributed by atoms with Crippen LogP contribution in [0.15, 0.2) is 139 Å². The first kappa shape index (κ1) is 73.1. The standard InChI is InChI=1S/C25H34N2O2.C8H8O.C8H18O.C6H8N2.C4H6.C2H6.CH2O2.CH4O.CH2O/c1-4-6-7-8-9-10-18-29-24-14-11-21(12-15-24)22-13-16-25(28-3)23(19-22)20-27-26-17-5-2;1-7-2-4-8(6-9)5-3-7;1-3-4-5-6-7-8-9-2;1-6(8-2)4-3-5-7;1-3-4-2;1-2;2-1-3;2*1-2/h4,11-16,19-20,26H,1,5-10,17-18H2,2-3H3;2-6H,1H3;3-8H2,1-2H3;3-5,7H,1-2H2;3-4H,1-2H2;1-2H3;1H,(H,2,3);2H,1H3;1H2/b27-20+;;;4-3-,7-5?;;;;;. The van der Waals surface area contributed by atoms with Crippen LogP contribution in [0.1, 0.15) is 120 Å². The topological polar surface area (TPSA) is 180 Å². The number of aryl methyl sites for hydroxylation is 1. The van der Waals surface area contributed by atoms with Gasteiger partial charge in [0.15, 0.2) is 0 Å². The van der Waals surface area contributed by atoms with Crippen molar-refractivity contribution >= 4 is 38.7 Å². The van der Waals surface area contributed by atoms with Crippen LogP contribution in [0.2, 0.25) is 0 Å². The van der Waals surface area contributed by atoms with E-state index in [0.717, 1.165) is 92.4 Å². The van der Waals surface area contributed by atoms with Crippen LogP contribution in [0.3, 0.4) is 0 Å². The maximum atomic E-state index is 10.1. The number of allylic oxidation sites excluding steroid dienone is 5. The van der Waals surface area contributed by atoms with E-state index >= 15 is 0 Å². The molecule has 380 valence electrons. The quantitative estimate of drug-likeness (QED) is 0.0161. The summed E-state index contributed by atoms with van der Waals surface area (Å²) in [5, 5.41) is 24.7. The first-order valence-electron chi connectivity index (χ1n) is 22.8. The number of carbonyl (C=O) groups excluding carboxylic acids is 2. The average molecular weight is 945 g/mol. The van der Waals surface area contributed by atoms with Crippen LogP contribution >= 0.6 is 0 Å². The second kappa shape index (κ2) is 64.8. The lowest BCUT2D eigenvalue weighted by atomic mass is 10.0. The minimum Gasteiger partial charge on any atom is -0.496 e. The third-order valence-corrected chi connectivity index (χ3v) is 8.07. The molecule has 0 amide bonds. The summed E-state index contributed by atoms with van der Waals surface area (Å²) >= 11 is 0. The molecule has 0 radical (unpaired) electrons. The zero-order chi connectivity index (χ0) is 52.9. The highest BCUT2D eigenvalue weighted by atomic mass is 16.5. The Morgan fingerprint density at radius 3 is 1.79 bits per heavy atom. The van der Waals surface area contributed by atoms with Gasteiger partial charge in [0.05, 0.1) is 25.6 Å². The number of aliphatic hydroxyl groups excluding tert-OH is 1. The lowest BCUT2D eigenvalue weighted by molar-refractivity contribution is -0.122. The molecule has 0 unspecified atom stereocenters. The molecule has 0 spiro atoms. The maximum absolute atomic E-state index is 10.1. The van der Waals surface area contributed by atoms with Crippen LogP contribution in [-0.2, 0) is 14.3 Å². The highest BCUT2D eigenvalue weighted by molar-refractivity contribution is 5.86. The Morgan fingerprint density at radius 1 is 0.779 bits per heavy atom. The summed E-state index contributed by atoms with van der Waals surface area (Å²) in [4.78, 5) is 30.0. The van der Waals surface area contributed by atoms with Gasteiger partial charge in [0.1, 0.15) is 24.6 Å². The van der Waals surface area contributed by atoms with Gasteiger partial charge in [-0.05, 0) is 93.3 Å². The summed E-state index contributed by atoms with van der Waals surface area (Å²) in [6.07, 6.45) is 25.8. The molecule has 4 N–H and O–H groups in total. The molecule has 0 heterocycles. The maximum Gasteiger partial charge on any atom is 0.290 e. The second-order valence-electron chi connectivity index (χ2n) is 13.2. The third-order valence-electron chi connectivity index (χ3n) is 8.07. The lowest BCUT2D eigenvalue weighted by Gasteiger charge is -2.10. The number of rotatable bonds is 25. The Morgan fingerprint density at radius 2 is 1.32 bits per heavy atom. The smallest absolute Gasteiger partial charge is 0.290 e. The molecule has 3 rings (SSSR count). The number of benzene rings is 3. The summed E-state index contributed by atoms with van der Waals surface area (Å²) < 4.78 is 16.2. The number of hydrazone groups is 1. The molecule has 0 aromatic heterocycles. The average Bonchev–Trinajstić information content (AvgIpc) is 3.39. The van der Waals surface area contributed by atoms with Crippen molar-refractivity contribution in [3.05, 3.63) is 146 Å². The number of carbonyl (C=O) groups is 3. The Balaban J connectivity index is -0.000000201. The molecule has 0 fully saturated rings. The van der Waals surface area contributed by atoms with Gasteiger partial charge in [-0.2, -0.15) is 5.10 Å². The van der Waals surface area contributed by atoms with Crippen LogP contribution in [-0.4, -0.2) is 90.0 Å². The number of ether oxygens (including phenoxy) is 3. The van der Waals surface area contributed by atoms with Crippen LogP contribution in [0.5, 0.6) is 11.5 Å². The molecule has 3 aromatic rings. The minimum atomic E-state index is -0.250. The van der Waals surface area contributed by atoms with Crippen molar-refractivity contribution in [2.45, 2.75) is 105 Å².